The van der Waals surface area contributed by atoms with Crippen molar-refractivity contribution in [2.45, 2.75) is 16.3 Å². The van der Waals surface area contributed by atoms with Gasteiger partial charge in [0.05, 0.1) is 16.8 Å². The van der Waals surface area contributed by atoms with E-state index in [1.165, 1.54) is 19.2 Å². The highest BCUT2D eigenvalue weighted by molar-refractivity contribution is 8.07. The van der Waals surface area contributed by atoms with Gasteiger partial charge < -0.3 is 4.57 Å². The summed E-state index contributed by atoms with van der Waals surface area (Å²) in [6, 6.07) is 2.19. The van der Waals surface area contributed by atoms with Crippen molar-refractivity contribution in [3.8, 4) is 0 Å². The molecule has 1 nitrogen and oxygen atoms in total. The molecule has 2 aromatic heterocycles. The maximum Gasteiger partial charge on any atom is 0.0949 e. The molecular formula is C10H11OPS3. The highest BCUT2D eigenvalue weighted by atomic mass is 32.2. The van der Waals surface area contributed by atoms with Crippen LogP contribution < -0.4 is 0 Å². The zero-order chi connectivity index (χ0) is 10.6. The number of hydrogen-bond donors (Lipinski definition) is 0. The van der Waals surface area contributed by atoms with E-state index in [0.717, 1.165) is 6.42 Å². The van der Waals surface area contributed by atoms with E-state index < -0.39 is 7.14 Å². The number of fused-ring (bicyclic) bond motifs is 3. The first kappa shape index (κ1) is 10.4. The Morgan fingerprint density at radius 1 is 1.47 bits per heavy atom. The summed E-state index contributed by atoms with van der Waals surface area (Å²) in [5.41, 5.74) is 0. The van der Waals surface area contributed by atoms with Gasteiger partial charge in [-0.05, 0) is 24.8 Å². The van der Waals surface area contributed by atoms with Crippen molar-refractivity contribution in [2.75, 3.05) is 13.3 Å². The topological polar surface area (TPSA) is 17.1 Å². The molecule has 1 unspecified atom stereocenters. The van der Waals surface area contributed by atoms with Gasteiger partial charge in [0, 0.05) is 20.9 Å². The molecular weight excluding hydrogens is 263 g/mol. The van der Waals surface area contributed by atoms with E-state index in [1.807, 2.05) is 47.8 Å². The van der Waals surface area contributed by atoms with E-state index in [9.17, 15) is 4.57 Å². The Labute approximate surface area is 101 Å². The van der Waals surface area contributed by atoms with Crippen molar-refractivity contribution in [2.24, 2.45) is 0 Å². The Morgan fingerprint density at radius 2 is 2.27 bits per heavy atom. The number of rotatable bonds is 1. The molecule has 0 saturated heterocycles. The molecule has 1 aliphatic heterocycles. The maximum atomic E-state index is 12.0. The van der Waals surface area contributed by atoms with Crippen LogP contribution in [0.15, 0.2) is 16.3 Å². The SMILES string of the molecule is CP(C)(=O)C1Cc2sc3ccsc3c2S1. The fourth-order valence-corrected chi connectivity index (χ4v) is 7.76. The van der Waals surface area contributed by atoms with Crippen molar-refractivity contribution in [3.05, 3.63) is 16.3 Å². The molecule has 1 aliphatic rings. The van der Waals surface area contributed by atoms with Crippen LogP contribution in [0.2, 0.25) is 0 Å². The third-order valence-electron chi connectivity index (χ3n) is 2.63. The first-order chi connectivity index (χ1) is 7.05. The molecule has 0 aromatic carbocycles. The minimum absolute atomic E-state index is 0.324. The van der Waals surface area contributed by atoms with Crippen LogP contribution in [0.4, 0.5) is 0 Å². The summed E-state index contributed by atoms with van der Waals surface area (Å²) in [6.45, 7) is 3.82. The molecule has 0 amide bonds. The Balaban J connectivity index is 2.07. The predicted molar refractivity (Wildman–Crippen MR) is 72.5 cm³/mol. The van der Waals surface area contributed by atoms with Gasteiger partial charge in [-0.2, -0.15) is 0 Å². The lowest BCUT2D eigenvalue weighted by molar-refractivity contribution is 0.580. The molecule has 3 rings (SSSR count). The molecule has 0 saturated carbocycles. The van der Waals surface area contributed by atoms with E-state index in [4.69, 9.17) is 0 Å². The van der Waals surface area contributed by atoms with Crippen molar-refractivity contribution < 1.29 is 4.57 Å². The summed E-state index contributed by atoms with van der Waals surface area (Å²) < 4.78 is 14.9. The lowest BCUT2D eigenvalue weighted by atomic mass is 10.4. The summed E-state index contributed by atoms with van der Waals surface area (Å²) >= 11 is 5.53. The molecule has 15 heavy (non-hydrogen) atoms. The fourth-order valence-electron chi connectivity index (χ4n) is 1.79. The molecule has 1 atom stereocenters. The number of thiophene rings is 2. The van der Waals surface area contributed by atoms with Gasteiger partial charge in [0.15, 0.2) is 0 Å². The van der Waals surface area contributed by atoms with Crippen LogP contribution >= 0.6 is 41.6 Å². The Bertz CT molecular complexity index is 562. The molecule has 5 heteroatoms. The summed E-state index contributed by atoms with van der Waals surface area (Å²) in [7, 11) is -1.95. The number of hydrogen-bond acceptors (Lipinski definition) is 4. The Hall–Kier alpha value is 0.240. The molecule has 0 fully saturated rings. The lowest BCUT2D eigenvalue weighted by Gasteiger charge is -2.13. The molecule has 80 valence electrons. The van der Waals surface area contributed by atoms with Crippen LogP contribution in [0.3, 0.4) is 0 Å². The second-order valence-corrected chi connectivity index (χ2v) is 11.3. The predicted octanol–water partition coefficient (Wildman–Crippen LogP) is 4.56. The van der Waals surface area contributed by atoms with Gasteiger partial charge in [-0.3, -0.25) is 0 Å². The summed E-state index contributed by atoms with van der Waals surface area (Å²) in [6.07, 6.45) is 1.01. The molecule has 0 radical (unpaired) electrons. The van der Waals surface area contributed by atoms with E-state index in [2.05, 4.69) is 11.4 Å². The number of thioether (sulfide) groups is 1. The third-order valence-corrected chi connectivity index (χ3v) is 9.66. The standard InChI is InChI=1S/C10H11OPS3/c1-12(2,11)8-5-7-10(15-8)9-6(14-7)3-4-13-9/h3-4,8H,5H2,1-2H3. The average molecular weight is 274 g/mol. The Morgan fingerprint density at radius 3 is 3.00 bits per heavy atom. The minimum Gasteiger partial charge on any atom is -0.323 e. The summed E-state index contributed by atoms with van der Waals surface area (Å²) in [4.78, 5) is 3.19. The summed E-state index contributed by atoms with van der Waals surface area (Å²) in [5.74, 6) is 0. The minimum atomic E-state index is -1.95. The Kier molecular flexibility index (Phi) is 2.33. The van der Waals surface area contributed by atoms with Crippen molar-refractivity contribution >= 4 is 51.0 Å². The van der Waals surface area contributed by atoms with Gasteiger partial charge in [0.25, 0.3) is 0 Å². The van der Waals surface area contributed by atoms with Crippen LogP contribution in [0, 0.1) is 0 Å². The van der Waals surface area contributed by atoms with Crippen LogP contribution in [0.1, 0.15) is 4.88 Å². The first-order valence-electron chi connectivity index (χ1n) is 4.76. The monoisotopic (exact) mass is 274 g/mol. The van der Waals surface area contributed by atoms with E-state index in [0.29, 0.717) is 4.99 Å². The van der Waals surface area contributed by atoms with Gasteiger partial charge >= 0.3 is 0 Å². The molecule has 0 aliphatic carbocycles. The van der Waals surface area contributed by atoms with Gasteiger partial charge in [-0.15, -0.1) is 34.4 Å². The third kappa shape index (κ3) is 1.62. The normalized spacial score (nSPS) is 21.1. The van der Waals surface area contributed by atoms with Crippen molar-refractivity contribution in [1.29, 1.82) is 0 Å². The maximum absolute atomic E-state index is 12.0. The molecule has 0 N–H and O–H groups in total. The molecule has 0 bridgehead atoms. The van der Waals surface area contributed by atoms with Crippen LogP contribution in [0.25, 0.3) is 9.40 Å². The quantitative estimate of drug-likeness (QED) is 0.709. The van der Waals surface area contributed by atoms with Gasteiger partial charge in [0.2, 0.25) is 0 Å². The summed E-state index contributed by atoms with van der Waals surface area (Å²) in [5, 5.41) is 2.15. The van der Waals surface area contributed by atoms with E-state index in [-0.39, 0.29) is 0 Å². The lowest BCUT2D eigenvalue weighted by Crippen LogP contribution is -1.99. The zero-order valence-corrected chi connectivity index (χ0v) is 11.9. The van der Waals surface area contributed by atoms with E-state index in [1.54, 1.807) is 0 Å². The molecule has 2 aromatic rings. The van der Waals surface area contributed by atoms with Crippen LogP contribution in [-0.4, -0.2) is 18.3 Å². The molecule has 3 heterocycles. The second-order valence-electron chi connectivity index (χ2n) is 4.18. The molecule has 0 spiro atoms. The largest absolute Gasteiger partial charge is 0.323 e. The average Bonchev–Trinajstić information content (AvgIpc) is 2.68. The fraction of sp³-hybridized carbons (Fsp3) is 0.400. The van der Waals surface area contributed by atoms with Crippen molar-refractivity contribution in [3.63, 3.8) is 0 Å². The van der Waals surface area contributed by atoms with Crippen molar-refractivity contribution in [1.82, 2.24) is 0 Å². The van der Waals surface area contributed by atoms with Gasteiger partial charge in [-0.1, -0.05) is 0 Å². The van der Waals surface area contributed by atoms with Gasteiger partial charge in [0.1, 0.15) is 0 Å². The second kappa shape index (κ2) is 3.36. The zero-order valence-electron chi connectivity index (χ0n) is 8.52. The van der Waals surface area contributed by atoms with Gasteiger partial charge in [-0.25, -0.2) is 0 Å². The smallest absolute Gasteiger partial charge is 0.0949 e. The highest BCUT2D eigenvalue weighted by Crippen LogP contribution is 2.59. The van der Waals surface area contributed by atoms with Crippen LogP contribution in [-0.2, 0) is 11.0 Å². The van der Waals surface area contributed by atoms with E-state index >= 15 is 0 Å². The van der Waals surface area contributed by atoms with Crippen LogP contribution in [0.5, 0.6) is 0 Å². The first-order valence-corrected chi connectivity index (χ1v) is 10.0. The highest BCUT2D eigenvalue weighted by Gasteiger charge is 2.34.